The van der Waals surface area contributed by atoms with Crippen LogP contribution in [0, 0.1) is 6.07 Å². The van der Waals surface area contributed by atoms with E-state index in [1.807, 2.05) is 24.3 Å². The largest absolute Gasteiger partial charge is 0.497 e. The molecule has 0 aliphatic carbocycles. The zero-order valence-corrected chi connectivity index (χ0v) is 12.1. The summed E-state index contributed by atoms with van der Waals surface area (Å²) < 4.78 is 15.9. The lowest BCUT2D eigenvalue weighted by atomic mass is 10.0. The third kappa shape index (κ3) is 3.23. The van der Waals surface area contributed by atoms with Crippen molar-refractivity contribution in [1.82, 2.24) is 0 Å². The van der Waals surface area contributed by atoms with Crippen molar-refractivity contribution >= 4 is 0 Å². The number of benzene rings is 2. The standard InChI is InChI=1S/C17H19O3/c1-18-15-11-8-13(9-12-15)7-10-14-5-4-6-16(19-2)17(14)20-3/h4,6,8-9,11-12H,7,10H2,1-3H3. The number of rotatable bonds is 6. The van der Waals surface area contributed by atoms with E-state index in [1.165, 1.54) is 5.56 Å². The molecule has 0 amide bonds. The second kappa shape index (κ2) is 6.85. The Bertz CT molecular complexity index is 547. The second-order valence-electron chi connectivity index (χ2n) is 4.41. The highest BCUT2D eigenvalue weighted by atomic mass is 16.5. The van der Waals surface area contributed by atoms with Gasteiger partial charge in [-0.1, -0.05) is 18.2 Å². The van der Waals surface area contributed by atoms with Crippen molar-refractivity contribution in [3.05, 3.63) is 53.6 Å². The first-order valence-electron chi connectivity index (χ1n) is 6.53. The van der Waals surface area contributed by atoms with Crippen LogP contribution in [0.2, 0.25) is 0 Å². The molecule has 0 bridgehead atoms. The SMILES string of the molecule is COc1ccc(CCc2[c]ccc(OC)c2OC)cc1. The van der Waals surface area contributed by atoms with Gasteiger partial charge in [-0.3, -0.25) is 0 Å². The lowest BCUT2D eigenvalue weighted by Gasteiger charge is -2.12. The highest BCUT2D eigenvalue weighted by molar-refractivity contribution is 5.46. The molecular formula is C17H19O3. The van der Waals surface area contributed by atoms with Gasteiger partial charge in [-0.05, 0) is 42.7 Å². The van der Waals surface area contributed by atoms with Gasteiger partial charge in [0.25, 0.3) is 0 Å². The van der Waals surface area contributed by atoms with Gasteiger partial charge in [0.05, 0.1) is 21.3 Å². The summed E-state index contributed by atoms with van der Waals surface area (Å²) in [6.07, 6.45) is 1.77. The Hall–Kier alpha value is -2.16. The maximum absolute atomic E-state index is 5.42. The van der Waals surface area contributed by atoms with Gasteiger partial charge in [-0.25, -0.2) is 0 Å². The van der Waals surface area contributed by atoms with Crippen LogP contribution in [0.25, 0.3) is 0 Å². The van der Waals surface area contributed by atoms with Crippen LogP contribution in [0.4, 0.5) is 0 Å². The fraction of sp³-hybridized carbons (Fsp3) is 0.294. The molecule has 0 unspecified atom stereocenters. The first-order chi connectivity index (χ1) is 9.78. The molecule has 105 valence electrons. The third-order valence-corrected chi connectivity index (χ3v) is 3.24. The zero-order valence-electron chi connectivity index (χ0n) is 12.1. The number of aryl methyl sites for hydroxylation is 2. The molecule has 0 aliphatic rings. The summed E-state index contributed by atoms with van der Waals surface area (Å²) >= 11 is 0. The Kier molecular flexibility index (Phi) is 4.88. The molecule has 3 heteroatoms. The lowest BCUT2D eigenvalue weighted by Crippen LogP contribution is -1.98. The molecule has 0 aliphatic heterocycles. The molecule has 2 aromatic rings. The Morgan fingerprint density at radius 3 is 2.20 bits per heavy atom. The lowest BCUT2D eigenvalue weighted by molar-refractivity contribution is 0.351. The van der Waals surface area contributed by atoms with E-state index in [1.54, 1.807) is 21.3 Å². The monoisotopic (exact) mass is 271 g/mol. The summed E-state index contributed by atoms with van der Waals surface area (Å²) in [5.74, 6) is 2.39. The highest BCUT2D eigenvalue weighted by Crippen LogP contribution is 2.31. The van der Waals surface area contributed by atoms with E-state index in [-0.39, 0.29) is 0 Å². The van der Waals surface area contributed by atoms with E-state index in [4.69, 9.17) is 14.2 Å². The molecule has 0 atom stereocenters. The smallest absolute Gasteiger partial charge is 0.164 e. The van der Waals surface area contributed by atoms with Crippen molar-refractivity contribution in [3.8, 4) is 17.2 Å². The van der Waals surface area contributed by atoms with Gasteiger partial charge in [-0.2, -0.15) is 0 Å². The molecular weight excluding hydrogens is 252 g/mol. The molecule has 2 rings (SSSR count). The predicted molar refractivity (Wildman–Crippen MR) is 78.8 cm³/mol. The Balaban J connectivity index is 2.10. The van der Waals surface area contributed by atoms with E-state index in [9.17, 15) is 0 Å². The molecule has 0 fully saturated rings. The first-order valence-corrected chi connectivity index (χ1v) is 6.53. The van der Waals surface area contributed by atoms with Gasteiger partial charge >= 0.3 is 0 Å². The van der Waals surface area contributed by atoms with E-state index in [2.05, 4.69) is 18.2 Å². The van der Waals surface area contributed by atoms with Gasteiger partial charge in [0.15, 0.2) is 11.5 Å². The molecule has 1 radical (unpaired) electrons. The maximum Gasteiger partial charge on any atom is 0.164 e. The van der Waals surface area contributed by atoms with E-state index in [0.717, 1.165) is 35.7 Å². The maximum atomic E-state index is 5.42. The quantitative estimate of drug-likeness (QED) is 0.807. The summed E-state index contributed by atoms with van der Waals surface area (Å²) in [5.41, 5.74) is 2.28. The van der Waals surface area contributed by atoms with Gasteiger partial charge < -0.3 is 14.2 Å². The average molecular weight is 271 g/mol. The topological polar surface area (TPSA) is 27.7 Å². The summed E-state index contributed by atoms with van der Waals surface area (Å²) in [6, 6.07) is 15.0. The molecule has 20 heavy (non-hydrogen) atoms. The van der Waals surface area contributed by atoms with Gasteiger partial charge in [-0.15, -0.1) is 0 Å². The van der Waals surface area contributed by atoms with Crippen molar-refractivity contribution < 1.29 is 14.2 Å². The number of ether oxygens (including phenoxy) is 3. The Labute approximate surface area is 120 Å². The van der Waals surface area contributed by atoms with Crippen molar-refractivity contribution in [3.63, 3.8) is 0 Å². The third-order valence-electron chi connectivity index (χ3n) is 3.24. The first kappa shape index (κ1) is 14.3. The summed E-state index contributed by atoms with van der Waals surface area (Å²) in [7, 11) is 4.97. The minimum atomic E-state index is 0.746. The summed E-state index contributed by atoms with van der Waals surface area (Å²) in [6.45, 7) is 0. The highest BCUT2D eigenvalue weighted by Gasteiger charge is 2.09. The van der Waals surface area contributed by atoms with E-state index in [0.29, 0.717) is 0 Å². The fourth-order valence-corrected chi connectivity index (χ4v) is 2.14. The summed E-state index contributed by atoms with van der Waals surface area (Å²) in [5, 5.41) is 0. The number of hydrogen-bond donors (Lipinski definition) is 0. The van der Waals surface area contributed by atoms with Crippen molar-refractivity contribution in [1.29, 1.82) is 0 Å². The fourth-order valence-electron chi connectivity index (χ4n) is 2.14. The van der Waals surface area contributed by atoms with Crippen LogP contribution >= 0.6 is 0 Å². The average Bonchev–Trinajstić information content (AvgIpc) is 2.52. The minimum absolute atomic E-state index is 0.746. The van der Waals surface area contributed by atoms with Crippen molar-refractivity contribution in [2.45, 2.75) is 12.8 Å². The zero-order chi connectivity index (χ0) is 14.4. The molecule has 2 aromatic carbocycles. The van der Waals surface area contributed by atoms with E-state index < -0.39 is 0 Å². The molecule has 0 saturated heterocycles. The minimum Gasteiger partial charge on any atom is -0.497 e. The van der Waals surface area contributed by atoms with Crippen LogP contribution in [0.3, 0.4) is 0 Å². The van der Waals surface area contributed by atoms with Crippen LogP contribution < -0.4 is 14.2 Å². The predicted octanol–water partition coefficient (Wildman–Crippen LogP) is 3.30. The Morgan fingerprint density at radius 1 is 0.850 bits per heavy atom. The van der Waals surface area contributed by atoms with Crippen molar-refractivity contribution in [2.75, 3.05) is 21.3 Å². The normalized spacial score (nSPS) is 10.2. The number of hydrogen-bond acceptors (Lipinski definition) is 3. The summed E-state index contributed by atoms with van der Waals surface area (Å²) in [4.78, 5) is 0. The second-order valence-corrected chi connectivity index (χ2v) is 4.41. The van der Waals surface area contributed by atoms with E-state index >= 15 is 0 Å². The molecule has 0 saturated carbocycles. The molecule has 0 N–H and O–H groups in total. The molecule has 0 spiro atoms. The molecule has 0 heterocycles. The van der Waals surface area contributed by atoms with Gasteiger partial charge in [0.2, 0.25) is 0 Å². The Morgan fingerprint density at radius 2 is 1.60 bits per heavy atom. The number of methoxy groups -OCH3 is 3. The van der Waals surface area contributed by atoms with Crippen LogP contribution in [-0.2, 0) is 12.8 Å². The van der Waals surface area contributed by atoms with Gasteiger partial charge in [0, 0.05) is 5.56 Å². The van der Waals surface area contributed by atoms with Crippen LogP contribution in [0.1, 0.15) is 11.1 Å². The van der Waals surface area contributed by atoms with Crippen molar-refractivity contribution in [2.24, 2.45) is 0 Å². The van der Waals surface area contributed by atoms with Crippen LogP contribution in [-0.4, -0.2) is 21.3 Å². The molecule has 3 nitrogen and oxygen atoms in total. The van der Waals surface area contributed by atoms with Crippen LogP contribution in [0.15, 0.2) is 36.4 Å². The van der Waals surface area contributed by atoms with Crippen LogP contribution in [0.5, 0.6) is 17.2 Å². The van der Waals surface area contributed by atoms with Gasteiger partial charge in [0.1, 0.15) is 5.75 Å². The molecule has 0 aromatic heterocycles.